The monoisotopic (exact) mass is 401 g/mol. The second kappa shape index (κ2) is 7.97. The molecule has 0 spiro atoms. The number of allylic oxidation sites excluding steroid dienone is 1. The summed E-state index contributed by atoms with van der Waals surface area (Å²) in [5, 5.41) is 12.0. The summed E-state index contributed by atoms with van der Waals surface area (Å²) in [5.41, 5.74) is 7.45. The Kier molecular flexibility index (Phi) is 5.62. The van der Waals surface area contributed by atoms with E-state index in [-0.39, 0.29) is 17.9 Å². The van der Waals surface area contributed by atoms with Crippen molar-refractivity contribution in [3.63, 3.8) is 0 Å². The third kappa shape index (κ3) is 4.25. The number of halogens is 3. The Morgan fingerprint density at radius 2 is 1.97 bits per heavy atom. The molecule has 1 aliphatic rings. The molecule has 8 heteroatoms. The zero-order chi connectivity index (χ0) is 21.2. The predicted molar refractivity (Wildman–Crippen MR) is 101 cm³/mol. The quantitative estimate of drug-likeness (QED) is 0.779. The van der Waals surface area contributed by atoms with Crippen molar-refractivity contribution >= 4 is 11.5 Å². The molecule has 5 nitrogen and oxygen atoms in total. The third-order valence-corrected chi connectivity index (χ3v) is 4.72. The summed E-state index contributed by atoms with van der Waals surface area (Å²) in [6, 6.07) is 10.6. The molecule has 0 fully saturated rings. The standard InChI is InChI=1S/C21H18F3N3O2/c1-29-18-9-12(11-25)5-6-15(18)20(26)19-16(7-8-17(19)28)27-14-4-2-3-13(10-14)21(22,23)24/h2-6,9-10,20,27H,7-8,26H2,1H3. The normalized spacial score (nSPS) is 15.2. The Bertz CT molecular complexity index is 1020. The molecule has 0 amide bonds. The maximum Gasteiger partial charge on any atom is 0.416 e. The van der Waals surface area contributed by atoms with E-state index in [2.05, 4.69) is 5.32 Å². The molecule has 0 saturated heterocycles. The van der Waals surface area contributed by atoms with E-state index in [4.69, 9.17) is 15.7 Å². The lowest BCUT2D eigenvalue weighted by atomic mass is 9.95. The first kappa shape index (κ1) is 20.4. The molecule has 0 aliphatic heterocycles. The van der Waals surface area contributed by atoms with E-state index in [1.165, 1.54) is 25.3 Å². The van der Waals surface area contributed by atoms with Gasteiger partial charge in [-0.3, -0.25) is 4.79 Å². The SMILES string of the molecule is COc1cc(C#N)ccc1C(N)C1=C(Nc2cccc(C(F)(F)F)c2)CCC1=O. The van der Waals surface area contributed by atoms with Crippen molar-refractivity contribution in [1.29, 1.82) is 5.26 Å². The number of hydrogen-bond acceptors (Lipinski definition) is 5. The molecule has 3 rings (SSSR count). The van der Waals surface area contributed by atoms with Gasteiger partial charge in [-0.05, 0) is 36.8 Å². The van der Waals surface area contributed by atoms with Crippen LogP contribution in [-0.4, -0.2) is 12.9 Å². The molecule has 150 valence electrons. The zero-order valence-corrected chi connectivity index (χ0v) is 15.5. The molecule has 0 heterocycles. The van der Waals surface area contributed by atoms with Crippen LogP contribution in [0.3, 0.4) is 0 Å². The van der Waals surface area contributed by atoms with E-state index >= 15 is 0 Å². The zero-order valence-electron chi connectivity index (χ0n) is 15.5. The number of carbonyl (C=O) groups excluding carboxylic acids is 1. The number of rotatable bonds is 5. The minimum absolute atomic E-state index is 0.182. The van der Waals surface area contributed by atoms with Crippen LogP contribution in [0.4, 0.5) is 18.9 Å². The Balaban J connectivity index is 1.98. The maximum absolute atomic E-state index is 13.0. The van der Waals surface area contributed by atoms with Gasteiger partial charge in [0.05, 0.1) is 30.3 Å². The Hall–Kier alpha value is -3.31. The van der Waals surface area contributed by atoms with E-state index < -0.39 is 17.8 Å². The molecule has 3 N–H and O–H groups in total. The lowest BCUT2D eigenvalue weighted by molar-refractivity contribution is -0.137. The average Bonchev–Trinajstić information content (AvgIpc) is 3.06. The number of nitrogens with two attached hydrogens (primary N) is 1. The van der Waals surface area contributed by atoms with Crippen LogP contribution in [0, 0.1) is 11.3 Å². The van der Waals surface area contributed by atoms with Gasteiger partial charge in [0.1, 0.15) is 5.75 Å². The van der Waals surface area contributed by atoms with Crippen molar-refractivity contribution < 1.29 is 22.7 Å². The van der Waals surface area contributed by atoms with Gasteiger partial charge in [0.2, 0.25) is 0 Å². The molecular formula is C21H18F3N3O2. The van der Waals surface area contributed by atoms with Crippen molar-refractivity contribution in [2.24, 2.45) is 5.73 Å². The van der Waals surface area contributed by atoms with Crippen LogP contribution in [0.2, 0.25) is 0 Å². The number of hydrogen-bond donors (Lipinski definition) is 2. The highest BCUT2D eigenvalue weighted by molar-refractivity contribution is 6.00. The van der Waals surface area contributed by atoms with Gasteiger partial charge in [-0.15, -0.1) is 0 Å². The number of benzene rings is 2. The summed E-state index contributed by atoms with van der Waals surface area (Å²) < 4.78 is 44.2. The third-order valence-electron chi connectivity index (χ3n) is 4.72. The molecule has 0 saturated carbocycles. The number of nitrogens with zero attached hydrogens (tertiary/aromatic N) is 1. The van der Waals surface area contributed by atoms with Crippen molar-refractivity contribution in [3.8, 4) is 11.8 Å². The van der Waals surface area contributed by atoms with E-state index in [1.807, 2.05) is 6.07 Å². The average molecular weight is 401 g/mol. The van der Waals surface area contributed by atoms with Crippen molar-refractivity contribution in [1.82, 2.24) is 0 Å². The fourth-order valence-electron chi connectivity index (χ4n) is 3.31. The highest BCUT2D eigenvalue weighted by Gasteiger charge is 2.32. The van der Waals surface area contributed by atoms with Crippen LogP contribution in [0.15, 0.2) is 53.7 Å². The van der Waals surface area contributed by atoms with Crippen LogP contribution in [0.25, 0.3) is 0 Å². The summed E-state index contributed by atoms with van der Waals surface area (Å²) in [5.74, 6) is 0.181. The summed E-state index contributed by atoms with van der Waals surface area (Å²) in [6.45, 7) is 0. The van der Waals surface area contributed by atoms with Gasteiger partial charge in [-0.2, -0.15) is 18.4 Å². The van der Waals surface area contributed by atoms with Crippen LogP contribution < -0.4 is 15.8 Å². The lowest BCUT2D eigenvalue weighted by Crippen LogP contribution is -2.20. The van der Waals surface area contributed by atoms with Gasteiger partial charge in [0, 0.05) is 28.9 Å². The first-order valence-corrected chi connectivity index (χ1v) is 8.78. The minimum atomic E-state index is -4.47. The Labute approximate surface area is 165 Å². The van der Waals surface area contributed by atoms with Gasteiger partial charge in [0.25, 0.3) is 0 Å². The molecule has 2 aromatic carbocycles. The number of ether oxygens (including phenoxy) is 1. The molecule has 0 bridgehead atoms. The number of Topliss-reactive ketones (excluding diaryl/α,β-unsaturated/α-hetero) is 1. The second-order valence-corrected chi connectivity index (χ2v) is 6.57. The number of ketones is 1. The minimum Gasteiger partial charge on any atom is -0.496 e. The number of nitriles is 1. The van der Waals surface area contributed by atoms with E-state index in [9.17, 15) is 18.0 Å². The van der Waals surface area contributed by atoms with Crippen molar-refractivity contribution in [2.75, 3.05) is 12.4 Å². The molecule has 29 heavy (non-hydrogen) atoms. The predicted octanol–water partition coefficient (Wildman–Crippen LogP) is 4.31. The van der Waals surface area contributed by atoms with E-state index in [1.54, 1.807) is 12.1 Å². The highest BCUT2D eigenvalue weighted by atomic mass is 19.4. The van der Waals surface area contributed by atoms with Crippen molar-refractivity contribution in [3.05, 3.63) is 70.4 Å². The van der Waals surface area contributed by atoms with Crippen LogP contribution in [0.1, 0.15) is 35.6 Å². The number of anilines is 1. The second-order valence-electron chi connectivity index (χ2n) is 6.57. The van der Waals surface area contributed by atoms with Gasteiger partial charge in [0.15, 0.2) is 5.78 Å². The molecule has 0 radical (unpaired) electrons. The first-order chi connectivity index (χ1) is 13.7. The number of alkyl halides is 3. The number of methoxy groups -OCH3 is 1. The molecule has 1 atom stereocenters. The smallest absolute Gasteiger partial charge is 0.416 e. The fourth-order valence-corrected chi connectivity index (χ4v) is 3.31. The van der Waals surface area contributed by atoms with Gasteiger partial charge in [-0.25, -0.2) is 0 Å². The highest BCUT2D eigenvalue weighted by Crippen LogP contribution is 2.37. The van der Waals surface area contributed by atoms with Crippen molar-refractivity contribution in [2.45, 2.75) is 25.1 Å². The Morgan fingerprint density at radius 3 is 2.62 bits per heavy atom. The number of carbonyl (C=O) groups is 1. The van der Waals surface area contributed by atoms with Crippen LogP contribution >= 0.6 is 0 Å². The first-order valence-electron chi connectivity index (χ1n) is 8.78. The maximum atomic E-state index is 13.0. The largest absolute Gasteiger partial charge is 0.496 e. The molecule has 1 unspecified atom stereocenters. The summed E-state index contributed by atoms with van der Waals surface area (Å²) in [4.78, 5) is 12.5. The van der Waals surface area contributed by atoms with Gasteiger partial charge in [-0.1, -0.05) is 12.1 Å². The number of nitrogens with one attached hydrogen (secondary N) is 1. The summed E-state index contributed by atoms with van der Waals surface area (Å²) in [7, 11) is 1.43. The summed E-state index contributed by atoms with van der Waals surface area (Å²) in [6.07, 6.45) is -3.91. The van der Waals surface area contributed by atoms with Crippen LogP contribution in [-0.2, 0) is 11.0 Å². The van der Waals surface area contributed by atoms with E-state index in [0.29, 0.717) is 34.6 Å². The molecule has 0 aromatic heterocycles. The molecular weight excluding hydrogens is 383 g/mol. The van der Waals surface area contributed by atoms with Crippen LogP contribution in [0.5, 0.6) is 5.75 Å². The van der Waals surface area contributed by atoms with Gasteiger partial charge < -0.3 is 15.8 Å². The molecule has 2 aromatic rings. The lowest BCUT2D eigenvalue weighted by Gasteiger charge is -2.19. The fraction of sp³-hybridized carbons (Fsp3) is 0.238. The molecule has 1 aliphatic carbocycles. The Morgan fingerprint density at radius 1 is 1.21 bits per heavy atom. The van der Waals surface area contributed by atoms with Gasteiger partial charge >= 0.3 is 6.18 Å². The topological polar surface area (TPSA) is 88.1 Å². The van der Waals surface area contributed by atoms with E-state index in [0.717, 1.165) is 12.1 Å². The summed E-state index contributed by atoms with van der Waals surface area (Å²) >= 11 is 0.